The fourth-order valence-electron chi connectivity index (χ4n) is 3.87. The molecule has 0 bridgehead atoms. The van der Waals surface area contributed by atoms with Crippen molar-refractivity contribution in [3.63, 3.8) is 0 Å². The Bertz CT molecular complexity index is 619. The van der Waals surface area contributed by atoms with Crippen molar-refractivity contribution in [1.82, 2.24) is 4.90 Å². The number of nitrogens with one attached hydrogen (secondary N) is 1. The average Bonchev–Trinajstić information content (AvgIpc) is 2.44. The molecular weight excluding hydrogens is 302 g/mol. The highest BCUT2D eigenvalue weighted by atomic mass is 19.3. The molecule has 0 saturated heterocycles. The Morgan fingerprint density at radius 1 is 1.43 bits per heavy atom. The van der Waals surface area contributed by atoms with Gasteiger partial charge >= 0.3 is 6.09 Å². The highest BCUT2D eigenvalue weighted by Gasteiger charge is 2.38. The van der Waals surface area contributed by atoms with Crippen LogP contribution in [0.15, 0.2) is 12.1 Å². The van der Waals surface area contributed by atoms with Gasteiger partial charge in [0.1, 0.15) is 0 Å². The van der Waals surface area contributed by atoms with Gasteiger partial charge in [-0.25, -0.2) is 13.6 Å². The zero-order valence-corrected chi connectivity index (χ0v) is 13.2. The molecule has 0 spiro atoms. The van der Waals surface area contributed by atoms with E-state index in [0.29, 0.717) is 12.1 Å². The maximum atomic E-state index is 13.8. The van der Waals surface area contributed by atoms with Crippen LogP contribution < -0.4 is 5.32 Å². The third kappa shape index (κ3) is 3.63. The summed E-state index contributed by atoms with van der Waals surface area (Å²) >= 11 is 0. The first-order chi connectivity index (χ1) is 10.8. The van der Waals surface area contributed by atoms with E-state index in [2.05, 4.69) is 10.2 Å². The van der Waals surface area contributed by atoms with Gasteiger partial charge in [-0.1, -0.05) is 0 Å². The van der Waals surface area contributed by atoms with Crippen LogP contribution in [0, 0.1) is 0 Å². The minimum Gasteiger partial charge on any atom is -0.465 e. The zero-order valence-electron chi connectivity index (χ0n) is 13.2. The average molecular weight is 324 g/mol. The molecule has 23 heavy (non-hydrogen) atoms. The van der Waals surface area contributed by atoms with E-state index < -0.39 is 12.0 Å². The van der Waals surface area contributed by atoms with Crippen molar-refractivity contribution in [2.45, 2.75) is 50.5 Å². The molecule has 2 aliphatic rings. The molecule has 1 aromatic carbocycles. The molecule has 6 heteroatoms. The number of carboxylic acid groups (broad SMARTS) is 1. The third-order valence-corrected chi connectivity index (χ3v) is 4.89. The lowest BCUT2D eigenvalue weighted by Crippen LogP contribution is -2.30. The summed E-state index contributed by atoms with van der Waals surface area (Å²) in [5.74, 6) is -2.80. The maximum absolute atomic E-state index is 13.8. The lowest BCUT2D eigenvalue weighted by atomic mass is 9.78. The summed E-state index contributed by atoms with van der Waals surface area (Å²) in [4.78, 5) is 13.1. The number of benzene rings is 1. The van der Waals surface area contributed by atoms with Crippen molar-refractivity contribution in [2.75, 3.05) is 18.9 Å². The molecule has 1 unspecified atom stereocenters. The van der Waals surface area contributed by atoms with Gasteiger partial charge in [-0.05, 0) is 61.1 Å². The van der Waals surface area contributed by atoms with Gasteiger partial charge in [-0.15, -0.1) is 0 Å². The molecule has 1 amide bonds. The lowest BCUT2D eigenvalue weighted by Gasteiger charge is -2.34. The number of fused-ring (bicyclic) bond motifs is 1. The monoisotopic (exact) mass is 324 g/mol. The third-order valence-electron chi connectivity index (χ3n) is 4.89. The second-order valence-electron chi connectivity index (χ2n) is 6.77. The minimum absolute atomic E-state index is 0.0402. The maximum Gasteiger partial charge on any atom is 0.409 e. The van der Waals surface area contributed by atoms with Crippen molar-refractivity contribution < 1.29 is 18.7 Å². The van der Waals surface area contributed by atoms with Gasteiger partial charge in [0.2, 0.25) is 5.92 Å². The van der Waals surface area contributed by atoms with E-state index in [1.54, 1.807) is 6.07 Å². The molecule has 2 N–H and O–H groups in total. The van der Waals surface area contributed by atoms with Crippen LogP contribution in [0.2, 0.25) is 0 Å². The molecule has 0 aromatic heterocycles. The normalized spacial score (nSPS) is 24.0. The molecule has 1 heterocycles. The summed E-state index contributed by atoms with van der Waals surface area (Å²) in [5, 5.41) is 11.3. The molecule has 1 aliphatic heterocycles. The van der Waals surface area contributed by atoms with Crippen LogP contribution in [0.25, 0.3) is 0 Å². The van der Waals surface area contributed by atoms with Gasteiger partial charge in [0.15, 0.2) is 0 Å². The molecular formula is C17H22F2N2O2. The van der Waals surface area contributed by atoms with Crippen LogP contribution in [0.4, 0.5) is 19.3 Å². The predicted molar refractivity (Wildman–Crippen MR) is 84.3 cm³/mol. The van der Waals surface area contributed by atoms with E-state index in [1.807, 2.05) is 13.1 Å². The Balaban J connectivity index is 2.00. The van der Waals surface area contributed by atoms with Gasteiger partial charge < -0.3 is 10.0 Å². The van der Waals surface area contributed by atoms with Crippen molar-refractivity contribution in [3.05, 3.63) is 28.8 Å². The molecule has 1 aliphatic carbocycles. The smallest absolute Gasteiger partial charge is 0.409 e. The number of carbonyl (C=O) groups is 1. The first-order valence-electron chi connectivity index (χ1n) is 8.06. The fraction of sp³-hybridized carbons (Fsp3) is 0.588. The number of rotatable bonds is 2. The molecule has 4 nitrogen and oxygen atoms in total. The van der Waals surface area contributed by atoms with Gasteiger partial charge in [-0.3, -0.25) is 5.32 Å². The molecule has 1 saturated carbocycles. The van der Waals surface area contributed by atoms with E-state index in [0.717, 1.165) is 42.6 Å². The number of anilines is 1. The van der Waals surface area contributed by atoms with E-state index in [4.69, 9.17) is 5.11 Å². The van der Waals surface area contributed by atoms with E-state index in [1.165, 1.54) is 0 Å². The summed E-state index contributed by atoms with van der Waals surface area (Å²) in [6.07, 6.45) is 0.787. The fourth-order valence-corrected chi connectivity index (χ4v) is 3.87. The Morgan fingerprint density at radius 3 is 2.91 bits per heavy atom. The molecule has 0 radical (unpaired) electrons. The van der Waals surface area contributed by atoms with Crippen LogP contribution in [0.5, 0.6) is 0 Å². The van der Waals surface area contributed by atoms with E-state index >= 15 is 0 Å². The second-order valence-corrected chi connectivity index (χ2v) is 6.77. The predicted octanol–water partition coefficient (Wildman–Crippen LogP) is 4.06. The Hall–Kier alpha value is -1.69. The Kier molecular flexibility index (Phi) is 4.27. The Morgan fingerprint density at radius 2 is 2.22 bits per heavy atom. The number of likely N-dealkylation sites (N-methyl/N-ethyl adjacent to an activating group) is 1. The van der Waals surface area contributed by atoms with Crippen LogP contribution >= 0.6 is 0 Å². The van der Waals surface area contributed by atoms with Gasteiger partial charge in [0, 0.05) is 31.6 Å². The highest BCUT2D eigenvalue weighted by molar-refractivity contribution is 5.83. The SMILES string of the molecule is CN1CCc2c(cc(NC(=O)O)cc2C2CCCC(F)(F)C2)C1. The quantitative estimate of drug-likeness (QED) is 0.862. The second kappa shape index (κ2) is 6.07. The molecule has 1 fully saturated rings. The van der Waals surface area contributed by atoms with Crippen molar-refractivity contribution >= 4 is 11.8 Å². The Labute approximate surface area is 134 Å². The summed E-state index contributed by atoms with van der Waals surface area (Å²) in [7, 11) is 2.01. The van der Waals surface area contributed by atoms with Gasteiger partial charge in [0.25, 0.3) is 0 Å². The van der Waals surface area contributed by atoms with Gasteiger partial charge in [-0.2, -0.15) is 0 Å². The number of alkyl halides is 2. The summed E-state index contributed by atoms with van der Waals surface area (Å²) in [6.45, 7) is 1.62. The van der Waals surface area contributed by atoms with Crippen molar-refractivity contribution in [3.8, 4) is 0 Å². The standard InChI is InChI=1S/C17H22F2N2O2/c1-21-6-4-14-12(10-21)7-13(20-16(22)23)8-15(14)11-3-2-5-17(18,19)9-11/h7-8,11,20H,2-6,9-10H2,1H3,(H,22,23). The summed E-state index contributed by atoms with van der Waals surface area (Å²) in [6, 6.07) is 3.61. The van der Waals surface area contributed by atoms with Crippen LogP contribution in [0.3, 0.4) is 0 Å². The van der Waals surface area contributed by atoms with Crippen LogP contribution in [0.1, 0.15) is 48.3 Å². The lowest BCUT2D eigenvalue weighted by molar-refractivity contribution is -0.0409. The number of halogens is 2. The van der Waals surface area contributed by atoms with Crippen LogP contribution in [-0.4, -0.2) is 35.6 Å². The zero-order chi connectivity index (χ0) is 16.6. The topological polar surface area (TPSA) is 52.6 Å². The molecule has 3 rings (SSSR count). The minimum atomic E-state index is -2.61. The van der Waals surface area contributed by atoms with Crippen molar-refractivity contribution in [2.24, 2.45) is 0 Å². The number of nitrogens with zero attached hydrogens (tertiary/aromatic N) is 1. The number of amides is 1. The first kappa shape index (κ1) is 16.2. The number of hydrogen-bond acceptors (Lipinski definition) is 2. The summed E-state index contributed by atoms with van der Waals surface area (Å²) < 4.78 is 27.7. The summed E-state index contributed by atoms with van der Waals surface area (Å²) in [5.41, 5.74) is 3.59. The number of hydrogen-bond donors (Lipinski definition) is 2. The van der Waals surface area contributed by atoms with E-state index in [-0.39, 0.29) is 18.8 Å². The van der Waals surface area contributed by atoms with Crippen LogP contribution in [-0.2, 0) is 13.0 Å². The van der Waals surface area contributed by atoms with Gasteiger partial charge in [0.05, 0.1) is 0 Å². The van der Waals surface area contributed by atoms with E-state index in [9.17, 15) is 13.6 Å². The molecule has 126 valence electrons. The molecule has 1 atom stereocenters. The largest absolute Gasteiger partial charge is 0.465 e. The first-order valence-corrected chi connectivity index (χ1v) is 8.06. The molecule has 1 aromatic rings. The van der Waals surface area contributed by atoms with Crippen molar-refractivity contribution in [1.29, 1.82) is 0 Å². The highest BCUT2D eigenvalue weighted by Crippen LogP contribution is 2.44.